The van der Waals surface area contributed by atoms with Crippen LogP contribution in [0.1, 0.15) is 6.92 Å². The Balaban J connectivity index is 2.58. The summed E-state index contributed by atoms with van der Waals surface area (Å²) in [5.41, 5.74) is 5.36. The van der Waals surface area contributed by atoms with E-state index in [1.807, 2.05) is 0 Å². The summed E-state index contributed by atoms with van der Waals surface area (Å²) in [5.74, 6) is -1.44. The van der Waals surface area contributed by atoms with E-state index in [4.69, 9.17) is 5.73 Å². The molecular weight excluding hydrogens is 298 g/mol. The highest BCUT2D eigenvalue weighted by molar-refractivity contribution is 7.92. The van der Waals surface area contributed by atoms with Gasteiger partial charge in [0.25, 0.3) is 10.0 Å². The average molecular weight is 312 g/mol. The minimum Gasteiger partial charge on any atom is -0.399 e. The Morgan fingerprint density at radius 2 is 1.81 bits per heavy atom. The van der Waals surface area contributed by atoms with Gasteiger partial charge in [0.15, 0.2) is 0 Å². The van der Waals surface area contributed by atoms with E-state index in [2.05, 4.69) is 0 Å². The molecule has 0 aliphatic carbocycles. The van der Waals surface area contributed by atoms with Crippen molar-refractivity contribution in [3.05, 3.63) is 54.1 Å². The summed E-state index contributed by atoms with van der Waals surface area (Å²) in [5, 5.41) is 0. The molecule has 21 heavy (non-hydrogen) atoms. The normalized spacial score (nSPS) is 11.4. The van der Waals surface area contributed by atoms with Crippen LogP contribution in [0.25, 0.3) is 0 Å². The number of nitrogen functional groups attached to an aromatic ring is 1. The maximum absolute atomic E-state index is 13.8. The number of nitrogens with zero attached hydrogens (tertiary/aromatic N) is 1. The van der Waals surface area contributed by atoms with Gasteiger partial charge in [-0.3, -0.25) is 4.31 Å². The van der Waals surface area contributed by atoms with E-state index in [9.17, 15) is 17.2 Å². The van der Waals surface area contributed by atoms with Gasteiger partial charge < -0.3 is 5.73 Å². The highest BCUT2D eigenvalue weighted by Crippen LogP contribution is 2.27. The standard InChI is InChI=1S/C14H14F2N2O2S/c1-2-18(14-6-4-3-5-13(14)16)21(19,20)12-8-10(15)7-11(17)9-12/h3-9H,2,17H2,1H3. The van der Waals surface area contributed by atoms with E-state index in [1.165, 1.54) is 18.2 Å². The number of nitrogens with two attached hydrogens (primary N) is 1. The van der Waals surface area contributed by atoms with E-state index in [0.717, 1.165) is 28.6 Å². The number of halogens is 2. The highest BCUT2D eigenvalue weighted by Gasteiger charge is 2.26. The van der Waals surface area contributed by atoms with Crippen LogP contribution in [-0.4, -0.2) is 15.0 Å². The second-order valence-corrected chi connectivity index (χ2v) is 6.20. The van der Waals surface area contributed by atoms with Crippen LogP contribution in [0.3, 0.4) is 0 Å². The topological polar surface area (TPSA) is 63.4 Å². The summed E-state index contributed by atoms with van der Waals surface area (Å²) in [6, 6.07) is 8.50. The zero-order chi connectivity index (χ0) is 15.6. The Hall–Kier alpha value is -2.15. The third kappa shape index (κ3) is 2.97. The second kappa shape index (κ2) is 5.69. The van der Waals surface area contributed by atoms with Crippen molar-refractivity contribution in [2.45, 2.75) is 11.8 Å². The minimum atomic E-state index is -4.10. The molecule has 0 saturated carbocycles. The van der Waals surface area contributed by atoms with Crippen molar-refractivity contribution < 1.29 is 17.2 Å². The Kier molecular flexibility index (Phi) is 4.13. The van der Waals surface area contributed by atoms with Crippen molar-refractivity contribution >= 4 is 21.4 Å². The molecule has 0 aliphatic rings. The van der Waals surface area contributed by atoms with Crippen LogP contribution >= 0.6 is 0 Å². The largest absolute Gasteiger partial charge is 0.399 e. The van der Waals surface area contributed by atoms with Crippen molar-refractivity contribution in [1.29, 1.82) is 0 Å². The van der Waals surface area contributed by atoms with Crippen LogP contribution in [0.4, 0.5) is 20.2 Å². The molecule has 2 aromatic carbocycles. The number of hydrogen-bond acceptors (Lipinski definition) is 3. The Labute approximate surface area is 121 Å². The van der Waals surface area contributed by atoms with Crippen molar-refractivity contribution in [3.63, 3.8) is 0 Å². The fourth-order valence-corrected chi connectivity index (χ4v) is 3.53. The minimum absolute atomic E-state index is 0.000313. The van der Waals surface area contributed by atoms with Gasteiger partial charge in [-0.2, -0.15) is 0 Å². The molecule has 7 heteroatoms. The zero-order valence-electron chi connectivity index (χ0n) is 11.3. The number of anilines is 2. The van der Waals surface area contributed by atoms with E-state index in [1.54, 1.807) is 6.92 Å². The Bertz CT molecular complexity index is 743. The summed E-state index contributed by atoms with van der Waals surface area (Å²) in [4.78, 5) is -0.315. The summed E-state index contributed by atoms with van der Waals surface area (Å²) in [6.07, 6.45) is 0. The molecule has 0 radical (unpaired) electrons. The van der Waals surface area contributed by atoms with Crippen molar-refractivity contribution in [1.82, 2.24) is 0 Å². The molecule has 0 heterocycles. The van der Waals surface area contributed by atoms with Gasteiger partial charge in [-0.15, -0.1) is 0 Å². The van der Waals surface area contributed by atoms with Crippen LogP contribution < -0.4 is 10.0 Å². The molecule has 2 N–H and O–H groups in total. The molecule has 0 aliphatic heterocycles. The number of rotatable bonds is 4. The molecule has 4 nitrogen and oxygen atoms in total. The van der Waals surface area contributed by atoms with E-state index < -0.39 is 21.7 Å². The van der Waals surface area contributed by atoms with Crippen LogP contribution in [0, 0.1) is 11.6 Å². The van der Waals surface area contributed by atoms with Crippen molar-refractivity contribution in [2.75, 3.05) is 16.6 Å². The third-order valence-corrected chi connectivity index (χ3v) is 4.76. The molecule has 2 rings (SSSR count). The fourth-order valence-electron chi connectivity index (χ4n) is 1.98. The first-order valence-electron chi connectivity index (χ1n) is 6.19. The monoisotopic (exact) mass is 312 g/mol. The average Bonchev–Trinajstić information content (AvgIpc) is 2.40. The molecular formula is C14H14F2N2O2S. The molecule has 0 bridgehead atoms. The first-order valence-corrected chi connectivity index (χ1v) is 7.63. The number of sulfonamides is 1. The van der Waals surface area contributed by atoms with E-state index >= 15 is 0 Å². The fraction of sp³-hybridized carbons (Fsp3) is 0.143. The van der Waals surface area contributed by atoms with Crippen LogP contribution in [0.15, 0.2) is 47.4 Å². The maximum Gasteiger partial charge on any atom is 0.264 e. The van der Waals surface area contributed by atoms with Crippen LogP contribution in [0.2, 0.25) is 0 Å². The predicted molar refractivity (Wildman–Crippen MR) is 77.4 cm³/mol. The zero-order valence-corrected chi connectivity index (χ0v) is 12.1. The molecule has 0 unspecified atom stereocenters. The van der Waals surface area contributed by atoms with Crippen molar-refractivity contribution in [2.24, 2.45) is 0 Å². The summed E-state index contributed by atoms with van der Waals surface area (Å²) in [6.45, 7) is 1.56. The molecule has 0 fully saturated rings. The predicted octanol–water partition coefficient (Wildman–Crippen LogP) is 2.76. The summed E-state index contributed by atoms with van der Waals surface area (Å²) >= 11 is 0. The van der Waals surface area contributed by atoms with Gasteiger partial charge >= 0.3 is 0 Å². The van der Waals surface area contributed by atoms with Gasteiger partial charge in [-0.1, -0.05) is 12.1 Å². The van der Waals surface area contributed by atoms with E-state index in [0.29, 0.717) is 0 Å². The lowest BCUT2D eigenvalue weighted by Crippen LogP contribution is -2.31. The molecule has 2 aromatic rings. The Morgan fingerprint density at radius 1 is 1.14 bits per heavy atom. The quantitative estimate of drug-likeness (QED) is 0.883. The lowest BCUT2D eigenvalue weighted by molar-refractivity contribution is 0.583. The van der Waals surface area contributed by atoms with Gasteiger partial charge in [-0.25, -0.2) is 17.2 Å². The maximum atomic E-state index is 13.8. The lowest BCUT2D eigenvalue weighted by Gasteiger charge is -2.23. The molecule has 0 saturated heterocycles. The summed E-state index contributed by atoms with van der Waals surface area (Å²) < 4.78 is 53.2. The number of benzene rings is 2. The van der Waals surface area contributed by atoms with Crippen molar-refractivity contribution in [3.8, 4) is 0 Å². The first kappa shape index (κ1) is 15.2. The van der Waals surface area contributed by atoms with Crippen LogP contribution in [-0.2, 0) is 10.0 Å². The smallest absolute Gasteiger partial charge is 0.264 e. The van der Waals surface area contributed by atoms with Gasteiger partial charge in [0.05, 0.1) is 10.6 Å². The number of para-hydroxylation sites is 1. The molecule has 0 aromatic heterocycles. The van der Waals surface area contributed by atoms with Crippen LogP contribution in [0.5, 0.6) is 0 Å². The van der Waals surface area contributed by atoms with E-state index in [-0.39, 0.29) is 22.8 Å². The van der Waals surface area contributed by atoms with Gasteiger partial charge in [-0.05, 0) is 37.3 Å². The number of hydrogen-bond donors (Lipinski definition) is 1. The summed E-state index contributed by atoms with van der Waals surface area (Å²) in [7, 11) is -4.10. The highest BCUT2D eigenvalue weighted by atomic mass is 32.2. The molecule has 0 spiro atoms. The first-order chi connectivity index (χ1) is 9.86. The van der Waals surface area contributed by atoms with Gasteiger partial charge in [0.2, 0.25) is 0 Å². The lowest BCUT2D eigenvalue weighted by atomic mass is 10.3. The SMILES string of the molecule is CCN(c1ccccc1F)S(=O)(=O)c1cc(N)cc(F)c1. The molecule has 112 valence electrons. The molecule has 0 amide bonds. The van der Waals surface area contributed by atoms with Gasteiger partial charge in [0.1, 0.15) is 11.6 Å². The Morgan fingerprint density at radius 3 is 2.38 bits per heavy atom. The van der Waals surface area contributed by atoms with Gasteiger partial charge in [0, 0.05) is 12.2 Å². The second-order valence-electron chi connectivity index (χ2n) is 4.34. The molecule has 0 atom stereocenters. The third-order valence-electron chi connectivity index (χ3n) is 2.89.